The third-order valence-electron chi connectivity index (χ3n) is 1.89. The predicted octanol–water partition coefficient (Wildman–Crippen LogP) is 0.979. The molecule has 0 bridgehead atoms. The minimum atomic E-state index is 0.715. The van der Waals surface area contributed by atoms with Gasteiger partial charge in [-0.1, -0.05) is 0 Å². The summed E-state index contributed by atoms with van der Waals surface area (Å²) in [6, 6.07) is 1.94. The van der Waals surface area contributed by atoms with E-state index in [9.17, 15) is 0 Å². The number of hydrogen-bond donors (Lipinski definition) is 1. The zero-order valence-corrected chi connectivity index (χ0v) is 8.29. The van der Waals surface area contributed by atoms with Gasteiger partial charge < -0.3 is 10.0 Å². The maximum atomic E-state index is 5.65. The van der Waals surface area contributed by atoms with E-state index < -0.39 is 0 Å². The number of nitrogens with two attached hydrogens (primary N) is 1. The number of nitrogen functional groups attached to an aromatic ring is 1. The second-order valence-electron chi connectivity index (χ2n) is 3.01. The summed E-state index contributed by atoms with van der Waals surface area (Å²) in [6.45, 7) is 2.09. The van der Waals surface area contributed by atoms with E-state index in [1.54, 1.807) is 18.3 Å². The van der Waals surface area contributed by atoms with E-state index in [-0.39, 0.29) is 0 Å². The predicted molar refractivity (Wildman–Crippen MR) is 56.2 cm³/mol. The molecule has 2 rings (SSSR count). The molecule has 4 nitrogen and oxygen atoms in total. The SMILES string of the molecule is CN1CCN(c2cncc(N)c2)S1. The van der Waals surface area contributed by atoms with E-state index in [4.69, 9.17) is 5.73 Å². The number of rotatable bonds is 1. The van der Waals surface area contributed by atoms with Gasteiger partial charge in [-0.15, -0.1) is 0 Å². The molecule has 0 radical (unpaired) electrons. The molecule has 0 spiro atoms. The first-order valence-corrected chi connectivity index (χ1v) is 4.86. The van der Waals surface area contributed by atoms with Crippen molar-refractivity contribution in [1.82, 2.24) is 9.29 Å². The van der Waals surface area contributed by atoms with Crippen LogP contribution in [-0.4, -0.2) is 29.4 Å². The highest BCUT2D eigenvalue weighted by Gasteiger charge is 2.18. The van der Waals surface area contributed by atoms with E-state index in [0.29, 0.717) is 5.69 Å². The molecule has 1 aliphatic heterocycles. The summed E-state index contributed by atoms with van der Waals surface area (Å²) in [5.74, 6) is 0. The lowest BCUT2D eigenvalue weighted by Crippen LogP contribution is -2.10. The molecule has 5 heteroatoms. The molecule has 0 atom stereocenters. The van der Waals surface area contributed by atoms with Crippen LogP contribution in [0, 0.1) is 0 Å². The molecular formula is C8H12N4S. The molecule has 0 saturated carbocycles. The summed E-state index contributed by atoms with van der Waals surface area (Å²) in [4.78, 5) is 4.06. The van der Waals surface area contributed by atoms with Crippen LogP contribution >= 0.6 is 12.1 Å². The van der Waals surface area contributed by atoms with Crippen LogP contribution in [0.4, 0.5) is 11.4 Å². The highest BCUT2D eigenvalue weighted by Crippen LogP contribution is 2.28. The number of anilines is 2. The average Bonchev–Trinajstić information content (AvgIpc) is 2.52. The first-order valence-electron chi connectivity index (χ1n) is 4.13. The molecule has 1 saturated heterocycles. The fourth-order valence-corrected chi connectivity index (χ4v) is 2.10. The van der Waals surface area contributed by atoms with Crippen molar-refractivity contribution in [1.29, 1.82) is 0 Å². The average molecular weight is 196 g/mol. The van der Waals surface area contributed by atoms with Crippen LogP contribution in [-0.2, 0) is 0 Å². The van der Waals surface area contributed by atoms with Crippen molar-refractivity contribution >= 4 is 23.5 Å². The minimum absolute atomic E-state index is 0.715. The summed E-state index contributed by atoms with van der Waals surface area (Å²) in [7, 11) is 2.07. The molecule has 0 aliphatic carbocycles. The second kappa shape index (κ2) is 3.43. The van der Waals surface area contributed by atoms with E-state index in [2.05, 4.69) is 20.6 Å². The molecule has 1 aromatic heterocycles. The van der Waals surface area contributed by atoms with Crippen molar-refractivity contribution < 1.29 is 0 Å². The summed E-state index contributed by atoms with van der Waals surface area (Å²) in [5, 5.41) is 0. The topological polar surface area (TPSA) is 45.4 Å². The molecule has 1 aliphatic rings. The molecule has 2 heterocycles. The van der Waals surface area contributed by atoms with Crippen LogP contribution in [0.1, 0.15) is 0 Å². The van der Waals surface area contributed by atoms with Gasteiger partial charge in [0.15, 0.2) is 0 Å². The number of likely N-dealkylation sites (N-methyl/N-ethyl adjacent to an activating group) is 1. The Morgan fingerprint density at radius 1 is 1.46 bits per heavy atom. The van der Waals surface area contributed by atoms with Crippen molar-refractivity contribution in [3.05, 3.63) is 18.5 Å². The smallest absolute Gasteiger partial charge is 0.0686 e. The van der Waals surface area contributed by atoms with Gasteiger partial charge in [0.05, 0.1) is 17.6 Å². The Balaban J connectivity index is 2.16. The zero-order chi connectivity index (χ0) is 9.26. The van der Waals surface area contributed by atoms with Gasteiger partial charge in [0.25, 0.3) is 0 Å². The van der Waals surface area contributed by atoms with Crippen molar-refractivity contribution in [2.45, 2.75) is 0 Å². The Bertz CT molecular complexity index is 304. The first-order chi connectivity index (χ1) is 6.25. The minimum Gasteiger partial charge on any atom is -0.397 e. The Labute approximate surface area is 82.0 Å². The van der Waals surface area contributed by atoms with Crippen molar-refractivity contribution in [2.24, 2.45) is 0 Å². The molecule has 1 aromatic rings. The third kappa shape index (κ3) is 1.87. The Kier molecular flexibility index (Phi) is 2.28. The third-order valence-corrected chi connectivity index (χ3v) is 2.94. The van der Waals surface area contributed by atoms with Gasteiger partial charge in [-0.2, -0.15) is 0 Å². The fourth-order valence-electron chi connectivity index (χ4n) is 1.24. The number of hydrogen-bond acceptors (Lipinski definition) is 5. The van der Waals surface area contributed by atoms with Gasteiger partial charge in [-0.05, 0) is 13.1 Å². The van der Waals surface area contributed by atoms with Crippen LogP contribution in [0.5, 0.6) is 0 Å². The molecule has 1 fully saturated rings. The van der Waals surface area contributed by atoms with E-state index in [1.807, 2.05) is 12.3 Å². The lowest BCUT2D eigenvalue weighted by Gasteiger charge is -2.15. The van der Waals surface area contributed by atoms with Gasteiger partial charge in [-0.25, -0.2) is 4.31 Å². The van der Waals surface area contributed by atoms with Crippen molar-refractivity contribution in [2.75, 3.05) is 30.2 Å². The summed E-state index contributed by atoms with van der Waals surface area (Å²) in [6.07, 6.45) is 3.50. The van der Waals surface area contributed by atoms with E-state index >= 15 is 0 Å². The fraction of sp³-hybridized carbons (Fsp3) is 0.375. The molecule has 70 valence electrons. The van der Waals surface area contributed by atoms with Crippen LogP contribution in [0.2, 0.25) is 0 Å². The quantitative estimate of drug-likeness (QED) is 0.678. The zero-order valence-electron chi connectivity index (χ0n) is 7.47. The van der Waals surface area contributed by atoms with Crippen LogP contribution in [0.25, 0.3) is 0 Å². The van der Waals surface area contributed by atoms with Gasteiger partial charge in [-0.3, -0.25) is 4.98 Å². The highest BCUT2D eigenvalue weighted by molar-refractivity contribution is 7.98. The van der Waals surface area contributed by atoms with Gasteiger partial charge in [0, 0.05) is 31.4 Å². The second-order valence-corrected chi connectivity index (χ2v) is 4.24. The standard InChI is InChI=1S/C8H12N4S/c1-11-2-3-12(13-11)8-4-7(9)5-10-6-8/h4-6H,2-3,9H2,1H3. The monoisotopic (exact) mass is 196 g/mol. The first kappa shape index (κ1) is 8.65. The number of aromatic nitrogens is 1. The molecule has 13 heavy (non-hydrogen) atoms. The Morgan fingerprint density at radius 2 is 2.31 bits per heavy atom. The summed E-state index contributed by atoms with van der Waals surface area (Å²) in [5.41, 5.74) is 7.44. The Hall–Kier alpha value is -0.940. The Morgan fingerprint density at radius 3 is 2.92 bits per heavy atom. The van der Waals surface area contributed by atoms with Gasteiger partial charge in [0.2, 0.25) is 0 Å². The maximum Gasteiger partial charge on any atom is 0.0686 e. The molecule has 0 aromatic carbocycles. The number of pyridine rings is 1. The lowest BCUT2D eigenvalue weighted by atomic mass is 10.4. The normalized spacial score (nSPS) is 18.1. The largest absolute Gasteiger partial charge is 0.397 e. The lowest BCUT2D eigenvalue weighted by molar-refractivity contribution is 0.614. The van der Waals surface area contributed by atoms with Crippen LogP contribution in [0.3, 0.4) is 0 Å². The maximum absolute atomic E-state index is 5.65. The van der Waals surface area contributed by atoms with Crippen LogP contribution in [0.15, 0.2) is 18.5 Å². The van der Waals surface area contributed by atoms with E-state index in [1.165, 1.54) is 0 Å². The molecular weight excluding hydrogens is 184 g/mol. The van der Waals surface area contributed by atoms with Gasteiger partial charge >= 0.3 is 0 Å². The van der Waals surface area contributed by atoms with Crippen molar-refractivity contribution in [3.8, 4) is 0 Å². The number of nitrogens with zero attached hydrogens (tertiary/aromatic N) is 3. The van der Waals surface area contributed by atoms with Gasteiger partial charge in [0.1, 0.15) is 0 Å². The summed E-state index contributed by atoms with van der Waals surface area (Å²) < 4.78 is 4.37. The highest BCUT2D eigenvalue weighted by atomic mass is 32.2. The van der Waals surface area contributed by atoms with E-state index in [0.717, 1.165) is 18.8 Å². The molecule has 0 unspecified atom stereocenters. The summed E-state index contributed by atoms with van der Waals surface area (Å²) >= 11 is 1.70. The molecule has 0 amide bonds. The molecule has 2 N–H and O–H groups in total. The van der Waals surface area contributed by atoms with Crippen molar-refractivity contribution in [3.63, 3.8) is 0 Å². The van der Waals surface area contributed by atoms with Crippen LogP contribution < -0.4 is 10.0 Å².